The topological polar surface area (TPSA) is 43.7 Å². The van der Waals surface area contributed by atoms with Crippen molar-refractivity contribution in [2.24, 2.45) is 0 Å². The lowest BCUT2D eigenvalue weighted by molar-refractivity contribution is 0.0734. The van der Waals surface area contributed by atoms with Crippen LogP contribution in [0.2, 0.25) is 0 Å². The molecule has 1 aliphatic heterocycles. The van der Waals surface area contributed by atoms with E-state index < -0.39 is 0 Å². The van der Waals surface area contributed by atoms with Gasteiger partial charge in [0.25, 0.3) is 0 Å². The predicted molar refractivity (Wildman–Crippen MR) is 95.4 cm³/mol. The molecule has 2 aromatic carbocycles. The van der Waals surface area contributed by atoms with Gasteiger partial charge in [0.05, 0.1) is 0 Å². The summed E-state index contributed by atoms with van der Waals surface area (Å²) in [5, 5.41) is 20.0. The number of aromatic hydroxyl groups is 2. The monoisotopic (exact) mass is 323 g/mol. The Kier molecular flexibility index (Phi) is 3.97. The van der Waals surface area contributed by atoms with Crippen molar-refractivity contribution in [3.8, 4) is 11.5 Å². The first-order valence-corrected chi connectivity index (χ1v) is 9.01. The number of rotatable bonds is 2. The van der Waals surface area contributed by atoms with Gasteiger partial charge in [0.2, 0.25) is 0 Å². The van der Waals surface area contributed by atoms with Crippen LogP contribution >= 0.6 is 0 Å². The number of fused-ring (bicyclic) bond motifs is 3. The highest BCUT2D eigenvalue weighted by Crippen LogP contribution is 2.47. The summed E-state index contributed by atoms with van der Waals surface area (Å²) in [4.78, 5) is 2.65. The third kappa shape index (κ3) is 2.48. The van der Waals surface area contributed by atoms with Crippen LogP contribution in [0.1, 0.15) is 54.8 Å². The zero-order chi connectivity index (χ0) is 16.7. The van der Waals surface area contributed by atoms with Gasteiger partial charge in [-0.3, -0.25) is 4.90 Å². The van der Waals surface area contributed by atoms with Gasteiger partial charge in [-0.1, -0.05) is 36.4 Å². The molecule has 0 amide bonds. The van der Waals surface area contributed by atoms with E-state index in [9.17, 15) is 10.2 Å². The zero-order valence-corrected chi connectivity index (χ0v) is 14.2. The van der Waals surface area contributed by atoms with Crippen LogP contribution in [-0.2, 0) is 6.42 Å². The molecule has 2 N–H and O–H groups in total. The van der Waals surface area contributed by atoms with E-state index in [1.54, 1.807) is 6.07 Å². The number of nitrogens with zero attached hydrogens (tertiary/aromatic N) is 1. The third-order valence-electron chi connectivity index (χ3n) is 5.99. The van der Waals surface area contributed by atoms with Gasteiger partial charge in [0.15, 0.2) is 11.5 Å². The fourth-order valence-electron chi connectivity index (χ4n) is 4.76. The summed E-state index contributed by atoms with van der Waals surface area (Å²) in [6.45, 7) is 3.44. The van der Waals surface area contributed by atoms with Crippen molar-refractivity contribution in [2.45, 2.75) is 50.6 Å². The summed E-state index contributed by atoms with van der Waals surface area (Å²) < 4.78 is 0. The Morgan fingerprint density at radius 3 is 2.62 bits per heavy atom. The molecule has 0 saturated carbocycles. The molecule has 3 unspecified atom stereocenters. The van der Waals surface area contributed by atoms with Crippen molar-refractivity contribution in [1.29, 1.82) is 0 Å². The van der Waals surface area contributed by atoms with E-state index in [4.69, 9.17) is 0 Å². The highest BCUT2D eigenvalue weighted by molar-refractivity contribution is 5.52. The maximum absolute atomic E-state index is 10.2. The molecule has 0 aromatic heterocycles. The number of benzene rings is 2. The lowest BCUT2D eigenvalue weighted by atomic mass is 9.73. The predicted octanol–water partition coefficient (Wildman–Crippen LogP) is 4.35. The van der Waals surface area contributed by atoms with E-state index in [1.165, 1.54) is 24.0 Å². The van der Waals surface area contributed by atoms with E-state index >= 15 is 0 Å². The van der Waals surface area contributed by atoms with E-state index in [2.05, 4.69) is 42.2 Å². The fraction of sp³-hybridized carbons (Fsp3) is 0.429. The second-order valence-electron chi connectivity index (χ2n) is 7.18. The molecular formula is C21H25NO2. The van der Waals surface area contributed by atoms with Crippen LogP contribution in [0.15, 0.2) is 42.5 Å². The lowest BCUT2D eigenvalue weighted by Crippen LogP contribution is -2.47. The van der Waals surface area contributed by atoms with E-state index in [-0.39, 0.29) is 11.5 Å². The summed E-state index contributed by atoms with van der Waals surface area (Å²) in [7, 11) is 0. The number of likely N-dealkylation sites (tertiary alicyclic amines) is 1. The van der Waals surface area contributed by atoms with Crippen LogP contribution in [0.3, 0.4) is 0 Å². The molecular weight excluding hydrogens is 298 g/mol. The van der Waals surface area contributed by atoms with Crippen LogP contribution < -0.4 is 0 Å². The summed E-state index contributed by atoms with van der Waals surface area (Å²) >= 11 is 0. The maximum atomic E-state index is 10.2. The highest BCUT2D eigenvalue weighted by Gasteiger charge is 2.39. The van der Waals surface area contributed by atoms with Gasteiger partial charge >= 0.3 is 0 Å². The summed E-state index contributed by atoms with van der Waals surface area (Å²) in [5.41, 5.74) is 3.58. The summed E-state index contributed by atoms with van der Waals surface area (Å²) in [6, 6.07) is 15.3. The molecule has 2 aromatic rings. The Hall–Kier alpha value is -2.00. The van der Waals surface area contributed by atoms with Gasteiger partial charge in [-0.05, 0) is 62.3 Å². The SMILES string of the molecule is CC(c1ccccc1)N1CCCC2c3ccc(O)c(O)c3CCC21. The molecule has 4 rings (SSSR count). The van der Waals surface area contributed by atoms with E-state index in [0.29, 0.717) is 18.0 Å². The van der Waals surface area contributed by atoms with Crippen LogP contribution in [0.25, 0.3) is 0 Å². The average molecular weight is 323 g/mol. The second-order valence-corrected chi connectivity index (χ2v) is 7.18. The zero-order valence-electron chi connectivity index (χ0n) is 14.2. The molecule has 0 spiro atoms. The minimum absolute atomic E-state index is 0.0116. The first-order chi connectivity index (χ1) is 11.7. The van der Waals surface area contributed by atoms with Crippen LogP contribution in [-0.4, -0.2) is 27.7 Å². The van der Waals surface area contributed by atoms with Crippen molar-refractivity contribution >= 4 is 0 Å². The number of phenolic OH excluding ortho intramolecular Hbond substituents is 2. The maximum Gasteiger partial charge on any atom is 0.160 e. The average Bonchev–Trinajstić information content (AvgIpc) is 2.64. The third-order valence-corrected chi connectivity index (χ3v) is 5.99. The first kappa shape index (κ1) is 15.5. The van der Waals surface area contributed by atoms with Crippen LogP contribution in [0.4, 0.5) is 0 Å². The standard InChI is InChI=1S/C21H25NO2/c1-14(15-6-3-2-4-7-15)22-13-5-8-17-16-10-12-20(23)21(24)18(16)9-11-19(17)22/h2-4,6-7,10,12,14,17,19,23-24H,5,8-9,11,13H2,1H3. The Morgan fingerprint density at radius 2 is 1.83 bits per heavy atom. The van der Waals surface area contributed by atoms with Gasteiger partial charge in [0.1, 0.15) is 0 Å². The summed E-state index contributed by atoms with van der Waals surface area (Å²) in [5.74, 6) is 0.567. The molecule has 2 aliphatic rings. The van der Waals surface area contributed by atoms with Crippen molar-refractivity contribution in [2.75, 3.05) is 6.54 Å². The number of hydrogen-bond donors (Lipinski definition) is 2. The number of phenols is 2. The fourth-order valence-corrected chi connectivity index (χ4v) is 4.76. The first-order valence-electron chi connectivity index (χ1n) is 9.01. The van der Waals surface area contributed by atoms with E-state index in [0.717, 1.165) is 24.9 Å². The molecule has 1 saturated heterocycles. The molecule has 1 aliphatic carbocycles. The minimum atomic E-state index is 0.0116. The Labute approximate surface area is 143 Å². The van der Waals surface area contributed by atoms with Gasteiger partial charge < -0.3 is 10.2 Å². The van der Waals surface area contributed by atoms with Gasteiger partial charge in [-0.2, -0.15) is 0 Å². The lowest BCUT2D eigenvalue weighted by Gasteiger charge is -2.47. The Morgan fingerprint density at radius 1 is 1.04 bits per heavy atom. The van der Waals surface area contributed by atoms with Gasteiger partial charge in [0, 0.05) is 17.6 Å². The Balaban J connectivity index is 1.66. The molecule has 0 bridgehead atoms. The van der Waals surface area contributed by atoms with Crippen LogP contribution in [0, 0.1) is 0 Å². The normalized spacial score (nSPS) is 24.9. The summed E-state index contributed by atoms with van der Waals surface area (Å²) in [6.07, 6.45) is 4.24. The molecule has 1 heterocycles. The largest absolute Gasteiger partial charge is 0.504 e. The van der Waals surface area contributed by atoms with Crippen LogP contribution in [0.5, 0.6) is 11.5 Å². The van der Waals surface area contributed by atoms with Crippen molar-refractivity contribution in [1.82, 2.24) is 4.90 Å². The van der Waals surface area contributed by atoms with Crippen molar-refractivity contribution in [3.05, 3.63) is 59.2 Å². The smallest absolute Gasteiger partial charge is 0.160 e. The quantitative estimate of drug-likeness (QED) is 0.807. The molecule has 126 valence electrons. The van der Waals surface area contributed by atoms with Gasteiger partial charge in [-0.25, -0.2) is 0 Å². The Bertz CT molecular complexity index is 728. The molecule has 3 heteroatoms. The van der Waals surface area contributed by atoms with Crippen molar-refractivity contribution < 1.29 is 10.2 Å². The van der Waals surface area contributed by atoms with E-state index in [1.807, 2.05) is 6.07 Å². The highest BCUT2D eigenvalue weighted by atomic mass is 16.3. The molecule has 24 heavy (non-hydrogen) atoms. The minimum Gasteiger partial charge on any atom is -0.504 e. The van der Waals surface area contributed by atoms with Gasteiger partial charge in [-0.15, -0.1) is 0 Å². The number of hydrogen-bond acceptors (Lipinski definition) is 3. The van der Waals surface area contributed by atoms with Crippen molar-refractivity contribution in [3.63, 3.8) is 0 Å². The molecule has 3 atom stereocenters. The second kappa shape index (κ2) is 6.14. The molecule has 3 nitrogen and oxygen atoms in total. The molecule has 0 radical (unpaired) electrons. The molecule has 1 fully saturated rings. The number of piperidine rings is 1.